The maximum Gasteiger partial charge on any atom is 0.311 e. The van der Waals surface area contributed by atoms with Gasteiger partial charge in [-0.3, -0.25) is 14.7 Å². The van der Waals surface area contributed by atoms with Crippen LogP contribution >= 0.6 is 0 Å². The molecule has 37 heavy (non-hydrogen) atoms. The van der Waals surface area contributed by atoms with E-state index in [1.165, 1.54) is 23.9 Å². The molecule has 0 radical (unpaired) electrons. The summed E-state index contributed by atoms with van der Waals surface area (Å²) in [5.41, 5.74) is 3.28. The van der Waals surface area contributed by atoms with Gasteiger partial charge in [-0.1, -0.05) is 47.1 Å². The van der Waals surface area contributed by atoms with Gasteiger partial charge in [0.1, 0.15) is 0 Å². The fourth-order valence-electron chi connectivity index (χ4n) is 11.0. The van der Waals surface area contributed by atoms with Crippen molar-refractivity contribution in [3.63, 3.8) is 0 Å². The zero-order chi connectivity index (χ0) is 26.8. The highest BCUT2D eigenvalue weighted by Crippen LogP contribution is 2.74. The van der Waals surface area contributed by atoms with Gasteiger partial charge in [0.2, 0.25) is 0 Å². The molecule has 5 heteroatoms. The Balaban J connectivity index is 1.47. The monoisotopic (exact) mass is 506 g/mol. The van der Waals surface area contributed by atoms with E-state index in [4.69, 9.17) is 4.74 Å². The van der Waals surface area contributed by atoms with Crippen LogP contribution in [-0.4, -0.2) is 29.1 Å². The first-order valence-corrected chi connectivity index (χ1v) is 14.5. The van der Waals surface area contributed by atoms with Crippen LogP contribution in [0.15, 0.2) is 17.8 Å². The lowest BCUT2D eigenvalue weighted by atomic mass is 9.33. The summed E-state index contributed by atoms with van der Waals surface area (Å²) < 4.78 is 5.27. The molecule has 1 aromatic rings. The molecule has 5 aliphatic carbocycles. The van der Waals surface area contributed by atoms with Gasteiger partial charge < -0.3 is 4.74 Å². The maximum absolute atomic E-state index is 14.5. The van der Waals surface area contributed by atoms with Crippen molar-refractivity contribution in [2.45, 2.75) is 105 Å². The Labute approximate surface area is 222 Å². The molecule has 0 bridgehead atoms. The van der Waals surface area contributed by atoms with E-state index in [9.17, 15) is 9.59 Å². The number of allylic oxidation sites excluding steroid dienone is 2. The van der Waals surface area contributed by atoms with Crippen molar-refractivity contribution in [2.75, 3.05) is 7.11 Å². The standard InChI is InChI=1S/C32H46N2O3/c1-27(2)23-9-10-32(7)24(30(23,5)16-19-18-33-34-25(19)27)22(35)15-20-21-17-29(4,26(36)37-8)12-11-28(21,3)13-14-31(20,32)6/h15,18,21,23-24H,9-14,16-17H2,1-8H3,(H,33,34)/t21-,23?,24?,28+,29+,30-,31+,32+/m0/s1. The number of H-pyrrole nitrogens is 1. The third-order valence-electron chi connectivity index (χ3n) is 13.3. The molecule has 6 rings (SSSR count). The van der Waals surface area contributed by atoms with Crippen LogP contribution < -0.4 is 0 Å². The molecule has 3 saturated carbocycles. The van der Waals surface area contributed by atoms with Gasteiger partial charge in [0.15, 0.2) is 5.78 Å². The van der Waals surface area contributed by atoms with E-state index in [0.29, 0.717) is 11.7 Å². The number of nitrogens with one attached hydrogen (secondary N) is 1. The average molecular weight is 507 g/mol. The lowest BCUT2D eigenvalue weighted by Crippen LogP contribution is -2.66. The number of esters is 1. The molecule has 0 saturated heterocycles. The highest BCUT2D eigenvalue weighted by atomic mass is 16.5. The van der Waals surface area contributed by atoms with Crippen LogP contribution in [0, 0.1) is 44.8 Å². The van der Waals surface area contributed by atoms with E-state index >= 15 is 0 Å². The minimum absolute atomic E-state index is 0.00485. The molecule has 8 atom stereocenters. The molecule has 0 aliphatic heterocycles. The first kappa shape index (κ1) is 25.4. The van der Waals surface area contributed by atoms with Crippen molar-refractivity contribution < 1.29 is 14.3 Å². The molecule has 2 unspecified atom stereocenters. The second kappa shape index (κ2) is 7.39. The van der Waals surface area contributed by atoms with Gasteiger partial charge in [0.05, 0.1) is 18.7 Å². The lowest BCUT2D eigenvalue weighted by molar-refractivity contribution is -0.174. The minimum atomic E-state index is -0.479. The Morgan fingerprint density at radius 2 is 1.73 bits per heavy atom. The number of ether oxygens (including phenoxy) is 1. The molecule has 1 N–H and O–H groups in total. The van der Waals surface area contributed by atoms with E-state index in [1.54, 1.807) is 0 Å². The van der Waals surface area contributed by atoms with Crippen LogP contribution in [0.4, 0.5) is 0 Å². The smallest absolute Gasteiger partial charge is 0.311 e. The number of hydrogen-bond donors (Lipinski definition) is 1. The Morgan fingerprint density at radius 3 is 2.43 bits per heavy atom. The molecule has 1 aromatic heterocycles. The zero-order valence-corrected chi connectivity index (χ0v) is 24.2. The number of aromatic amines is 1. The third kappa shape index (κ3) is 2.95. The normalized spacial score (nSPS) is 47.9. The number of hydrogen-bond acceptors (Lipinski definition) is 4. The van der Waals surface area contributed by atoms with Gasteiger partial charge in [-0.05, 0) is 103 Å². The molecule has 0 spiro atoms. The van der Waals surface area contributed by atoms with Crippen molar-refractivity contribution in [3.8, 4) is 0 Å². The second-order valence-corrected chi connectivity index (χ2v) is 15.4. The first-order chi connectivity index (χ1) is 17.2. The Bertz CT molecular complexity index is 1210. The average Bonchev–Trinajstić information content (AvgIpc) is 3.29. The van der Waals surface area contributed by atoms with Gasteiger partial charge >= 0.3 is 5.97 Å². The van der Waals surface area contributed by atoms with Gasteiger partial charge in [-0.15, -0.1) is 0 Å². The van der Waals surface area contributed by atoms with Crippen LogP contribution in [-0.2, 0) is 26.2 Å². The summed E-state index contributed by atoms with van der Waals surface area (Å²) in [6, 6.07) is 0. The van der Waals surface area contributed by atoms with Crippen LogP contribution in [0.25, 0.3) is 0 Å². The van der Waals surface area contributed by atoms with Gasteiger partial charge in [-0.2, -0.15) is 5.10 Å². The Kier molecular flexibility index (Phi) is 5.06. The summed E-state index contributed by atoms with van der Waals surface area (Å²) in [5.74, 6) is 0.913. The first-order valence-electron chi connectivity index (χ1n) is 14.5. The summed E-state index contributed by atoms with van der Waals surface area (Å²) >= 11 is 0. The summed E-state index contributed by atoms with van der Waals surface area (Å²) in [6.07, 6.45) is 12.2. The summed E-state index contributed by atoms with van der Waals surface area (Å²) in [7, 11) is 1.51. The SMILES string of the molecule is COC(=O)[C@]1(C)CC[C@]2(C)CC[C@]3(C)C(=CC(=O)C4[C@@]5(C)Cc6cn[nH]c6C(C)(C)C5CC[C@]43C)[C@@H]2C1. The quantitative estimate of drug-likeness (QED) is 0.437. The molecule has 5 aliphatic rings. The topological polar surface area (TPSA) is 72.1 Å². The molecule has 3 fully saturated rings. The lowest BCUT2D eigenvalue weighted by Gasteiger charge is -2.69. The summed E-state index contributed by atoms with van der Waals surface area (Å²) in [5, 5.41) is 7.75. The predicted molar refractivity (Wildman–Crippen MR) is 144 cm³/mol. The third-order valence-corrected chi connectivity index (χ3v) is 13.3. The summed E-state index contributed by atoms with van der Waals surface area (Å²) in [6.45, 7) is 16.5. The molecule has 0 amide bonds. The maximum atomic E-state index is 14.5. The molecular weight excluding hydrogens is 460 g/mol. The Morgan fingerprint density at radius 1 is 1.03 bits per heavy atom. The molecule has 5 nitrogen and oxygen atoms in total. The number of rotatable bonds is 1. The number of nitrogens with zero attached hydrogens (tertiary/aromatic N) is 1. The fraction of sp³-hybridized carbons (Fsp3) is 0.781. The highest BCUT2D eigenvalue weighted by molar-refractivity contribution is 5.96. The van der Waals surface area contributed by atoms with Crippen molar-refractivity contribution in [3.05, 3.63) is 29.1 Å². The largest absolute Gasteiger partial charge is 0.469 e. The fourth-order valence-corrected chi connectivity index (χ4v) is 11.0. The van der Waals surface area contributed by atoms with Gasteiger partial charge in [0.25, 0.3) is 0 Å². The molecule has 1 heterocycles. The van der Waals surface area contributed by atoms with Gasteiger partial charge in [0, 0.05) is 17.0 Å². The molecular formula is C32H46N2O3. The van der Waals surface area contributed by atoms with E-state index in [1.807, 2.05) is 6.20 Å². The number of fused-ring (bicyclic) bond motifs is 8. The molecule has 0 aromatic carbocycles. The minimum Gasteiger partial charge on any atom is -0.469 e. The predicted octanol–water partition coefficient (Wildman–Crippen LogP) is 6.58. The Hall–Kier alpha value is -1.91. The van der Waals surface area contributed by atoms with Crippen molar-refractivity contribution in [1.29, 1.82) is 0 Å². The number of carbonyl (C=O) groups excluding carboxylic acids is 2. The van der Waals surface area contributed by atoms with E-state index in [0.717, 1.165) is 51.4 Å². The van der Waals surface area contributed by atoms with E-state index < -0.39 is 5.41 Å². The second-order valence-electron chi connectivity index (χ2n) is 15.4. The van der Waals surface area contributed by atoms with Gasteiger partial charge in [-0.25, -0.2) is 0 Å². The van der Waals surface area contributed by atoms with Crippen molar-refractivity contribution in [2.24, 2.45) is 44.8 Å². The number of ketones is 1. The van der Waals surface area contributed by atoms with Crippen molar-refractivity contribution >= 4 is 11.8 Å². The zero-order valence-electron chi connectivity index (χ0n) is 24.2. The number of carbonyl (C=O) groups is 2. The highest BCUT2D eigenvalue weighted by Gasteiger charge is 2.70. The summed E-state index contributed by atoms with van der Waals surface area (Å²) in [4.78, 5) is 27.4. The van der Waals surface area contributed by atoms with Crippen LogP contribution in [0.3, 0.4) is 0 Å². The van der Waals surface area contributed by atoms with E-state index in [2.05, 4.69) is 64.7 Å². The van der Waals surface area contributed by atoms with Crippen molar-refractivity contribution in [1.82, 2.24) is 10.2 Å². The van der Waals surface area contributed by atoms with Crippen LogP contribution in [0.1, 0.15) is 105 Å². The molecule has 202 valence electrons. The number of methoxy groups -OCH3 is 1. The number of aromatic nitrogens is 2. The van der Waals surface area contributed by atoms with E-state index in [-0.39, 0.29) is 44.9 Å². The van der Waals surface area contributed by atoms with Crippen LogP contribution in [0.5, 0.6) is 0 Å². The van der Waals surface area contributed by atoms with Crippen LogP contribution in [0.2, 0.25) is 0 Å².